The molecule has 0 unspecified atom stereocenters. The molecular formula is C28H45NO5S2. The van der Waals surface area contributed by atoms with E-state index >= 15 is 0 Å². The van der Waals surface area contributed by atoms with Gasteiger partial charge in [-0.05, 0) is 89.9 Å². The van der Waals surface area contributed by atoms with Crippen molar-refractivity contribution >= 4 is 27.3 Å². The Morgan fingerprint density at radius 3 is 2.11 bits per heavy atom. The topological polar surface area (TPSA) is 81.7 Å². The highest BCUT2D eigenvalue weighted by molar-refractivity contribution is 7.90. The van der Waals surface area contributed by atoms with Crippen LogP contribution in [-0.4, -0.2) is 37.4 Å². The first-order chi connectivity index (χ1) is 16.6. The maximum atomic E-state index is 11.1. The first-order valence-electron chi connectivity index (χ1n) is 12.6. The molecule has 0 bridgehead atoms. The highest BCUT2D eigenvalue weighted by Gasteiger charge is 2.35. The number of hydrogen-bond donors (Lipinski definition) is 1. The second kappa shape index (κ2) is 14.9. The SMILES string of the molecule is CC(C)C(=O)OC(C)(C)C.CC(C)NS(=O)(=O)C1CC1.CC(C)OCc1cccc(-c2cccs2)c1. The van der Waals surface area contributed by atoms with Crippen molar-refractivity contribution in [1.29, 1.82) is 0 Å². The van der Waals surface area contributed by atoms with Crippen LogP contribution in [0.3, 0.4) is 0 Å². The summed E-state index contributed by atoms with van der Waals surface area (Å²) in [6, 6.07) is 12.8. The van der Waals surface area contributed by atoms with Crippen molar-refractivity contribution in [2.24, 2.45) is 5.92 Å². The molecule has 1 aromatic heterocycles. The number of thiophene rings is 1. The van der Waals surface area contributed by atoms with Gasteiger partial charge in [-0.25, -0.2) is 13.1 Å². The molecule has 0 saturated heterocycles. The van der Waals surface area contributed by atoms with Gasteiger partial charge in [0.2, 0.25) is 10.0 Å². The maximum Gasteiger partial charge on any atom is 0.308 e. The molecule has 6 nitrogen and oxygen atoms in total. The molecule has 3 rings (SSSR count). The van der Waals surface area contributed by atoms with E-state index in [0.29, 0.717) is 6.61 Å². The number of benzene rings is 1. The molecule has 1 aromatic carbocycles. The van der Waals surface area contributed by atoms with Gasteiger partial charge in [-0.1, -0.05) is 38.1 Å². The first-order valence-corrected chi connectivity index (χ1v) is 15.0. The molecule has 0 spiro atoms. The molecule has 8 heteroatoms. The zero-order chi connectivity index (χ0) is 27.5. The van der Waals surface area contributed by atoms with Gasteiger partial charge in [0, 0.05) is 10.9 Å². The summed E-state index contributed by atoms with van der Waals surface area (Å²) >= 11 is 1.77. The molecule has 1 aliphatic carbocycles. The fourth-order valence-corrected chi connectivity index (χ4v) is 5.07. The number of esters is 1. The maximum absolute atomic E-state index is 11.1. The lowest BCUT2D eigenvalue weighted by Gasteiger charge is -2.20. The van der Waals surface area contributed by atoms with E-state index in [1.165, 1.54) is 16.0 Å². The van der Waals surface area contributed by atoms with Crippen LogP contribution in [0.1, 0.15) is 80.7 Å². The van der Waals surface area contributed by atoms with Gasteiger partial charge in [0.1, 0.15) is 5.60 Å². The van der Waals surface area contributed by atoms with Crippen LogP contribution in [0.15, 0.2) is 41.8 Å². The number of ether oxygens (including phenoxy) is 2. The van der Waals surface area contributed by atoms with Gasteiger partial charge in [0.25, 0.3) is 0 Å². The van der Waals surface area contributed by atoms with Crippen molar-refractivity contribution in [1.82, 2.24) is 4.72 Å². The minimum atomic E-state index is -2.94. The highest BCUT2D eigenvalue weighted by Crippen LogP contribution is 2.27. The van der Waals surface area contributed by atoms with Crippen LogP contribution in [0.4, 0.5) is 0 Å². The number of rotatable bonds is 8. The molecule has 1 heterocycles. The molecule has 1 N–H and O–H groups in total. The number of carbonyl (C=O) groups is 1. The largest absolute Gasteiger partial charge is 0.460 e. The summed E-state index contributed by atoms with van der Waals surface area (Å²) in [5, 5.41) is 2.02. The summed E-state index contributed by atoms with van der Waals surface area (Å²) < 4.78 is 35.4. The third-order valence-electron chi connectivity index (χ3n) is 4.56. The molecule has 0 amide bonds. The van der Waals surface area contributed by atoms with Crippen LogP contribution in [0.2, 0.25) is 0 Å². The van der Waals surface area contributed by atoms with Crippen LogP contribution in [0, 0.1) is 5.92 Å². The highest BCUT2D eigenvalue weighted by atomic mass is 32.2. The zero-order valence-electron chi connectivity index (χ0n) is 23.3. The van der Waals surface area contributed by atoms with Crippen molar-refractivity contribution in [3.8, 4) is 10.4 Å². The molecule has 0 radical (unpaired) electrons. The molecule has 1 fully saturated rings. The van der Waals surface area contributed by atoms with Crippen LogP contribution < -0.4 is 4.72 Å². The van der Waals surface area contributed by atoms with Gasteiger partial charge >= 0.3 is 5.97 Å². The smallest absolute Gasteiger partial charge is 0.308 e. The van der Waals surface area contributed by atoms with Crippen LogP contribution >= 0.6 is 11.3 Å². The molecule has 0 aliphatic heterocycles. The summed E-state index contributed by atoms with van der Waals surface area (Å²) in [4.78, 5) is 12.2. The Hall–Kier alpha value is -1.74. The summed E-state index contributed by atoms with van der Waals surface area (Å²) in [6.07, 6.45) is 1.95. The quantitative estimate of drug-likeness (QED) is 0.373. The Morgan fingerprint density at radius 2 is 1.69 bits per heavy atom. The van der Waals surface area contributed by atoms with E-state index in [1.54, 1.807) is 11.3 Å². The van der Waals surface area contributed by atoms with Gasteiger partial charge in [0.15, 0.2) is 0 Å². The number of hydrogen-bond acceptors (Lipinski definition) is 6. The second-order valence-electron chi connectivity index (χ2n) is 10.7. The summed E-state index contributed by atoms with van der Waals surface area (Å²) in [5.74, 6) is -0.160. The molecule has 204 valence electrons. The van der Waals surface area contributed by atoms with E-state index in [9.17, 15) is 13.2 Å². The van der Waals surface area contributed by atoms with Crippen molar-refractivity contribution < 1.29 is 22.7 Å². The van der Waals surface area contributed by atoms with Crippen molar-refractivity contribution in [3.05, 3.63) is 47.3 Å². The van der Waals surface area contributed by atoms with Crippen LogP contribution in [-0.2, 0) is 30.9 Å². The monoisotopic (exact) mass is 539 g/mol. The van der Waals surface area contributed by atoms with Gasteiger partial charge in [-0.2, -0.15) is 0 Å². The molecule has 36 heavy (non-hydrogen) atoms. The van der Waals surface area contributed by atoms with Gasteiger partial charge in [-0.15, -0.1) is 11.3 Å². The lowest BCUT2D eigenvalue weighted by atomic mass is 10.1. The van der Waals surface area contributed by atoms with E-state index in [4.69, 9.17) is 9.47 Å². The van der Waals surface area contributed by atoms with E-state index in [-0.39, 0.29) is 34.9 Å². The van der Waals surface area contributed by atoms with Crippen molar-refractivity contribution in [3.63, 3.8) is 0 Å². The third kappa shape index (κ3) is 14.1. The Bertz CT molecular complexity index is 1000. The van der Waals surface area contributed by atoms with Crippen LogP contribution in [0.25, 0.3) is 10.4 Å². The summed E-state index contributed by atoms with van der Waals surface area (Å²) in [6.45, 7) is 17.7. The Morgan fingerprint density at radius 1 is 1.06 bits per heavy atom. The number of carbonyl (C=O) groups excluding carboxylic acids is 1. The van der Waals surface area contributed by atoms with E-state index in [1.807, 2.05) is 48.5 Å². The number of nitrogens with one attached hydrogen (secondary N) is 1. The summed E-state index contributed by atoms with van der Waals surface area (Å²) in [5.41, 5.74) is 2.17. The molecular weight excluding hydrogens is 494 g/mol. The standard InChI is InChI=1S/C14H16OS.C8H16O2.C6H13NO2S/c1-11(2)15-10-12-5-3-6-13(9-12)14-7-4-8-16-14;1-6(2)7(9)10-8(3,4)5;1-5(2)7-10(8,9)6-3-4-6/h3-9,11H,10H2,1-2H3;6H,1-5H3;5-7H,3-4H2,1-2H3. The number of sulfonamides is 1. The summed E-state index contributed by atoms with van der Waals surface area (Å²) in [7, 11) is -2.94. The molecule has 2 aromatic rings. The van der Waals surface area contributed by atoms with E-state index in [2.05, 4.69) is 60.3 Å². The Kier molecular flexibility index (Phi) is 13.3. The molecule has 0 atom stereocenters. The lowest BCUT2D eigenvalue weighted by Crippen LogP contribution is -2.32. The molecule has 1 saturated carbocycles. The fraction of sp³-hybridized carbons (Fsp3) is 0.607. The zero-order valence-corrected chi connectivity index (χ0v) is 25.0. The van der Waals surface area contributed by atoms with Crippen molar-refractivity contribution in [2.45, 2.75) is 105 Å². The normalized spacial score (nSPS) is 13.7. The predicted octanol–water partition coefficient (Wildman–Crippen LogP) is 6.80. The van der Waals surface area contributed by atoms with Gasteiger partial charge in [-0.3, -0.25) is 4.79 Å². The van der Waals surface area contributed by atoms with Crippen LogP contribution in [0.5, 0.6) is 0 Å². The average Bonchev–Trinajstić information content (AvgIpc) is 3.47. The second-order valence-corrected chi connectivity index (χ2v) is 13.7. The predicted molar refractivity (Wildman–Crippen MR) is 151 cm³/mol. The molecule has 1 aliphatic rings. The first kappa shape index (κ1) is 32.3. The van der Waals surface area contributed by atoms with Gasteiger partial charge in [0.05, 0.1) is 23.9 Å². The van der Waals surface area contributed by atoms with Crippen molar-refractivity contribution in [2.75, 3.05) is 0 Å². The lowest BCUT2D eigenvalue weighted by molar-refractivity contribution is -0.158. The van der Waals surface area contributed by atoms with E-state index in [0.717, 1.165) is 12.8 Å². The third-order valence-corrected chi connectivity index (χ3v) is 7.63. The van der Waals surface area contributed by atoms with Gasteiger partial charge < -0.3 is 9.47 Å². The fourth-order valence-electron chi connectivity index (χ4n) is 2.74. The Balaban J connectivity index is 0.000000285. The Labute approximate surface area is 222 Å². The minimum absolute atomic E-state index is 0.0285. The van der Waals surface area contributed by atoms with E-state index < -0.39 is 10.0 Å². The minimum Gasteiger partial charge on any atom is -0.460 e. The average molecular weight is 540 g/mol.